The largest absolute Gasteiger partial charge is 0.494 e. The molecule has 2 fully saturated rings. The number of rotatable bonds is 3. The third-order valence-corrected chi connectivity index (χ3v) is 5.39. The molecule has 3 nitrogen and oxygen atoms in total. The standard InChI is InChI=1S/C17H25FN2O/c1-11(12-6-7-17(21-2)15(18)8-12)20-9-13-4-3-5-16(19)14(13)10-20/h6-8,11,13-14,16H,3-5,9-10,19H2,1-2H3. The van der Waals surface area contributed by atoms with Crippen LogP contribution in [0.15, 0.2) is 18.2 Å². The summed E-state index contributed by atoms with van der Waals surface area (Å²) < 4.78 is 18.9. The van der Waals surface area contributed by atoms with Crippen LogP contribution in [0.3, 0.4) is 0 Å². The molecule has 4 heteroatoms. The third kappa shape index (κ3) is 2.79. The summed E-state index contributed by atoms with van der Waals surface area (Å²) >= 11 is 0. The second kappa shape index (κ2) is 5.93. The van der Waals surface area contributed by atoms with Crippen LogP contribution in [-0.4, -0.2) is 31.1 Å². The molecule has 1 aromatic carbocycles. The van der Waals surface area contributed by atoms with Gasteiger partial charge in [0.1, 0.15) is 0 Å². The van der Waals surface area contributed by atoms with E-state index in [-0.39, 0.29) is 11.9 Å². The monoisotopic (exact) mass is 292 g/mol. The number of fused-ring (bicyclic) bond motifs is 1. The van der Waals surface area contributed by atoms with E-state index < -0.39 is 0 Å². The fourth-order valence-corrected chi connectivity index (χ4v) is 4.02. The summed E-state index contributed by atoms with van der Waals surface area (Å²) in [5.74, 6) is 1.36. The first-order valence-electron chi connectivity index (χ1n) is 7.93. The number of hydrogen-bond acceptors (Lipinski definition) is 3. The highest BCUT2D eigenvalue weighted by molar-refractivity contribution is 5.31. The Balaban J connectivity index is 1.74. The van der Waals surface area contributed by atoms with Crippen molar-refractivity contribution < 1.29 is 9.13 Å². The van der Waals surface area contributed by atoms with Crippen LogP contribution < -0.4 is 10.5 Å². The molecule has 0 radical (unpaired) electrons. The predicted molar refractivity (Wildman–Crippen MR) is 81.7 cm³/mol. The zero-order valence-corrected chi connectivity index (χ0v) is 12.9. The molecule has 1 aliphatic carbocycles. The normalized spacial score (nSPS) is 31.0. The molecule has 1 saturated carbocycles. The second-order valence-electron chi connectivity index (χ2n) is 6.54. The zero-order chi connectivity index (χ0) is 15.0. The molecular formula is C17H25FN2O. The van der Waals surface area contributed by atoms with Gasteiger partial charge in [0.2, 0.25) is 0 Å². The van der Waals surface area contributed by atoms with Crippen molar-refractivity contribution in [1.82, 2.24) is 4.90 Å². The highest BCUT2D eigenvalue weighted by Gasteiger charge is 2.40. The Bertz CT molecular complexity index is 508. The molecule has 0 bridgehead atoms. The zero-order valence-electron chi connectivity index (χ0n) is 12.9. The number of ether oxygens (including phenoxy) is 1. The van der Waals surface area contributed by atoms with Gasteiger partial charge in [0, 0.05) is 25.2 Å². The maximum Gasteiger partial charge on any atom is 0.165 e. The molecule has 4 atom stereocenters. The first kappa shape index (κ1) is 14.8. The molecule has 0 spiro atoms. The lowest BCUT2D eigenvalue weighted by molar-refractivity contribution is 0.244. The van der Waals surface area contributed by atoms with Crippen LogP contribution in [0, 0.1) is 17.7 Å². The third-order valence-electron chi connectivity index (χ3n) is 5.39. The summed E-state index contributed by atoms with van der Waals surface area (Å²) in [5, 5.41) is 0. The molecule has 21 heavy (non-hydrogen) atoms. The average molecular weight is 292 g/mol. The molecule has 4 unspecified atom stereocenters. The highest BCUT2D eigenvalue weighted by Crippen LogP contribution is 2.39. The lowest BCUT2D eigenvalue weighted by Crippen LogP contribution is -2.38. The molecule has 3 rings (SSSR count). The van der Waals surface area contributed by atoms with Crippen molar-refractivity contribution in [2.45, 2.75) is 38.3 Å². The quantitative estimate of drug-likeness (QED) is 0.931. The van der Waals surface area contributed by atoms with E-state index in [0.29, 0.717) is 17.7 Å². The number of halogens is 1. The minimum Gasteiger partial charge on any atom is -0.494 e. The van der Waals surface area contributed by atoms with E-state index in [4.69, 9.17) is 10.5 Å². The molecule has 0 aromatic heterocycles. The Labute approximate surface area is 126 Å². The van der Waals surface area contributed by atoms with Gasteiger partial charge in [-0.3, -0.25) is 4.90 Å². The number of benzene rings is 1. The van der Waals surface area contributed by atoms with Crippen LogP contribution in [-0.2, 0) is 0 Å². The molecule has 1 aromatic rings. The van der Waals surface area contributed by atoms with Crippen molar-refractivity contribution in [3.05, 3.63) is 29.6 Å². The summed E-state index contributed by atoms with van der Waals surface area (Å²) in [5.41, 5.74) is 7.29. The van der Waals surface area contributed by atoms with Crippen LogP contribution in [0.25, 0.3) is 0 Å². The Hall–Kier alpha value is -1.13. The molecule has 1 heterocycles. The van der Waals surface area contributed by atoms with Gasteiger partial charge in [-0.1, -0.05) is 12.5 Å². The fourth-order valence-electron chi connectivity index (χ4n) is 4.02. The molecule has 1 aliphatic heterocycles. The van der Waals surface area contributed by atoms with Crippen LogP contribution in [0.5, 0.6) is 5.75 Å². The van der Waals surface area contributed by atoms with E-state index in [9.17, 15) is 4.39 Å². The minimum atomic E-state index is -0.282. The maximum atomic E-state index is 13.9. The van der Waals surface area contributed by atoms with Crippen LogP contribution in [0.2, 0.25) is 0 Å². The summed E-state index contributed by atoms with van der Waals surface area (Å²) in [6, 6.07) is 5.85. The van der Waals surface area contributed by atoms with Crippen molar-refractivity contribution in [2.75, 3.05) is 20.2 Å². The van der Waals surface area contributed by atoms with Crippen molar-refractivity contribution in [2.24, 2.45) is 17.6 Å². The molecular weight excluding hydrogens is 267 g/mol. The van der Waals surface area contributed by atoms with Gasteiger partial charge in [-0.05, 0) is 49.3 Å². The number of nitrogens with two attached hydrogens (primary N) is 1. The van der Waals surface area contributed by atoms with Gasteiger partial charge in [-0.15, -0.1) is 0 Å². The highest BCUT2D eigenvalue weighted by atomic mass is 19.1. The second-order valence-corrected chi connectivity index (χ2v) is 6.54. The van der Waals surface area contributed by atoms with E-state index in [1.807, 2.05) is 6.07 Å². The molecule has 0 amide bonds. The molecule has 1 saturated heterocycles. The number of nitrogens with zero attached hydrogens (tertiary/aromatic N) is 1. The number of methoxy groups -OCH3 is 1. The van der Waals surface area contributed by atoms with Gasteiger partial charge in [-0.2, -0.15) is 0 Å². The lowest BCUT2D eigenvalue weighted by atomic mass is 9.78. The van der Waals surface area contributed by atoms with Crippen molar-refractivity contribution in [3.8, 4) is 5.75 Å². The van der Waals surface area contributed by atoms with Crippen molar-refractivity contribution in [1.29, 1.82) is 0 Å². The fraction of sp³-hybridized carbons (Fsp3) is 0.647. The first-order valence-corrected chi connectivity index (χ1v) is 7.93. The molecule has 116 valence electrons. The molecule has 2 aliphatic rings. The summed E-state index contributed by atoms with van der Waals surface area (Å²) in [6.07, 6.45) is 3.70. The summed E-state index contributed by atoms with van der Waals surface area (Å²) in [6.45, 7) is 4.29. The predicted octanol–water partition coefficient (Wildman–Crippen LogP) is 2.95. The maximum absolute atomic E-state index is 13.9. The van der Waals surface area contributed by atoms with Gasteiger partial charge in [-0.25, -0.2) is 4.39 Å². The van der Waals surface area contributed by atoms with Gasteiger partial charge >= 0.3 is 0 Å². The van der Waals surface area contributed by atoms with Crippen LogP contribution >= 0.6 is 0 Å². The average Bonchev–Trinajstić information content (AvgIpc) is 2.92. The van der Waals surface area contributed by atoms with Gasteiger partial charge in [0.15, 0.2) is 11.6 Å². The van der Waals surface area contributed by atoms with Crippen molar-refractivity contribution in [3.63, 3.8) is 0 Å². The van der Waals surface area contributed by atoms with Crippen LogP contribution in [0.4, 0.5) is 4.39 Å². The van der Waals surface area contributed by atoms with Crippen molar-refractivity contribution >= 4 is 0 Å². The van der Waals surface area contributed by atoms with E-state index in [1.165, 1.54) is 20.0 Å². The molecule has 2 N–H and O–H groups in total. The summed E-state index contributed by atoms with van der Waals surface area (Å²) in [7, 11) is 1.49. The first-order chi connectivity index (χ1) is 10.1. The minimum absolute atomic E-state index is 0.225. The SMILES string of the molecule is COc1ccc(C(C)N2CC3CCCC(N)C3C2)cc1F. The van der Waals surface area contributed by atoms with Gasteiger partial charge in [0.25, 0.3) is 0 Å². The van der Waals surface area contributed by atoms with E-state index in [1.54, 1.807) is 12.1 Å². The summed E-state index contributed by atoms with van der Waals surface area (Å²) in [4.78, 5) is 2.46. The Morgan fingerprint density at radius 3 is 2.81 bits per heavy atom. The Morgan fingerprint density at radius 1 is 1.33 bits per heavy atom. The Morgan fingerprint density at radius 2 is 2.14 bits per heavy atom. The number of likely N-dealkylation sites (tertiary alicyclic amines) is 1. The van der Waals surface area contributed by atoms with E-state index in [0.717, 1.165) is 31.0 Å². The topological polar surface area (TPSA) is 38.5 Å². The van der Waals surface area contributed by atoms with Crippen LogP contribution in [0.1, 0.15) is 37.8 Å². The van der Waals surface area contributed by atoms with E-state index >= 15 is 0 Å². The Kier molecular flexibility index (Phi) is 4.18. The van der Waals surface area contributed by atoms with Gasteiger partial charge in [0.05, 0.1) is 7.11 Å². The number of hydrogen-bond donors (Lipinski definition) is 1. The van der Waals surface area contributed by atoms with E-state index in [2.05, 4.69) is 11.8 Å². The van der Waals surface area contributed by atoms with Gasteiger partial charge < -0.3 is 10.5 Å². The lowest BCUT2D eigenvalue weighted by Gasteiger charge is -2.30. The smallest absolute Gasteiger partial charge is 0.165 e.